The van der Waals surface area contributed by atoms with Gasteiger partial charge >= 0.3 is 0 Å². The largest absolute Gasteiger partial charge is 0.347 e. The number of nitrogens with one attached hydrogen (secondary N) is 2. The van der Waals surface area contributed by atoms with E-state index < -0.39 is 0 Å². The van der Waals surface area contributed by atoms with E-state index in [-0.39, 0.29) is 6.04 Å². The number of aromatic amines is 1. The smallest absolute Gasteiger partial charge is 0.127 e. The van der Waals surface area contributed by atoms with E-state index in [0.29, 0.717) is 0 Å². The molecule has 0 spiro atoms. The number of hydrogen-bond donors (Lipinski definition) is 2. The van der Waals surface area contributed by atoms with Crippen molar-refractivity contribution in [2.24, 2.45) is 0 Å². The number of nitrogens with zero attached hydrogens (tertiary/aromatic N) is 1. The number of imidazole rings is 1. The number of benzene rings is 1. The molecule has 1 heterocycles. The summed E-state index contributed by atoms with van der Waals surface area (Å²) in [4.78, 5) is 7.62. The minimum absolute atomic E-state index is 0.153. The molecule has 2 aromatic rings. The fourth-order valence-electron chi connectivity index (χ4n) is 2.16. The average Bonchev–Trinajstić information content (AvgIpc) is 2.88. The fourth-order valence-corrected chi connectivity index (χ4v) is 2.16. The highest BCUT2D eigenvalue weighted by Crippen LogP contribution is 2.24. The number of aromatic nitrogens is 2. The lowest BCUT2D eigenvalue weighted by molar-refractivity contribution is 0.574. The average molecular weight is 243 g/mol. The van der Waals surface area contributed by atoms with Gasteiger partial charge in [0.2, 0.25) is 0 Å². The molecule has 2 N–H and O–H groups in total. The first kappa shape index (κ1) is 12.8. The van der Waals surface area contributed by atoms with Crippen LogP contribution in [0.15, 0.2) is 30.6 Å². The molecule has 0 fully saturated rings. The SMILES string of the molecule is CCCNC(c1ncc[nH]1)c1cccc(C)c1C. The number of H-pyrrole nitrogens is 1. The van der Waals surface area contributed by atoms with Crippen LogP contribution in [0.25, 0.3) is 0 Å². The molecule has 1 atom stereocenters. The lowest BCUT2D eigenvalue weighted by atomic mass is 9.97. The minimum atomic E-state index is 0.153. The minimum Gasteiger partial charge on any atom is -0.347 e. The molecule has 0 aliphatic carbocycles. The highest BCUT2D eigenvalue weighted by atomic mass is 15.0. The van der Waals surface area contributed by atoms with Crippen LogP contribution in [0, 0.1) is 13.8 Å². The monoisotopic (exact) mass is 243 g/mol. The van der Waals surface area contributed by atoms with E-state index in [1.54, 1.807) is 6.20 Å². The zero-order chi connectivity index (χ0) is 13.0. The third-order valence-corrected chi connectivity index (χ3v) is 3.35. The molecule has 0 bridgehead atoms. The molecule has 1 aromatic heterocycles. The van der Waals surface area contributed by atoms with Gasteiger partial charge in [-0.3, -0.25) is 0 Å². The molecule has 96 valence electrons. The topological polar surface area (TPSA) is 40.7 Å². The third-order valence-electron chi connectivity index (χ3n) is 3.35. The Bertz CT molecular complexity index is 488. The van der Waals surface area contributed by atoms with Crippen LogP contribution < -0.4 is 5.32 Å². The molecular weight excluding hydrogens is 222 g/mol. The van der Waals surface area contributed by atoms with Crippen LogP contribution in [0.4, 0.5) is 0 Å². The Hall–Kier alpha value is -1.61. The van der Waals surface area contributed by atoms with E-state index in [1.165, 1.54) is 16.7 Å². The standard InChI is InChI=1S/C15H21N3/c1-4-8-16-14(15-17-9-10-18-15)13-7-5-6-11(2)12(13)3/h5-7,9-10,14,16H,4,8H2,1-3H3,(H,17,18). The summed E-state index contributed by atoms with van der Waals surface area (Å²) in [5.74, 6) is 0.983. The highest BCUT2D eigenvalue weighted by Gasteiger charge is 2.17. The van der Waals surface area contributed by atoms with Gasteiger partial charge in [-0.05, 0) is 43.5 Å². The Labute approximate surface area is 109 Å². The van der Waals surface area contributed by atoms with Crippen LogP contribution in [-0.4, -0.2) is 16.5 Å². The van der Waals surface area contributed by atoms with Crippen molar-refractivity contribution in [3.8, 4) is 0 Å². The molecule has 0 aliphatic heterocycles. The van der Waals surface area contributed by atoms with Crippen molar-refractivity contribution < 1.29 is 0 Å². The predicted molar refractivity (Wildman–Crippen MR) is 74.6 cm³/mol. The second-order valence-electron chi connectivity index (χ2n) is 4.65. The molecule has 0 saturated carbocycles. The van der Waals surface area contributed by atoms with Crippen LogP contribution in [0.5, 0.6) is 0 Å². The fraction of sp³-hybridized carbons (Fsp3) is 0.400. The Morgan fingerprint density at radius 2 is 2.17 bits per heavy atom. The summed E-state index contributed by atoms with van der Waals surface area (Å²) in [6.45, 7) is 7.49. The second-order valence-corrected chi connectivity index (χ2v) is 4.65. The van der Waals surface area contributed by atoms with Crippen molar-refractivity contribution in [3.63, 3.8) is 0 Å². The van der Waals surface area contributed by atoms with E-state index in [2.05, 4.69) is 54.3 Å². The zero-order valence-electron chi connectivity index (χ0n) is 11.3. The molecule has 3 nitrogen and oxygen atoms in total. The summed E-state index contributed by atoms with van der Waals surface area (Å²) in [6.07, 6.45) is 4.80. The molecule has 0 saturated heterocycles. The van der Waals surface area contributed by atoms with Gasteiger partial charge in [0.15, 0.2) is 0 Å². The van der Waals surface area contributed by atoms with Crippen LogP contribution in [0.1, 0.15) is 41.9 Å². The molecule has 1 aromatic carbocycles. The van der Waals surface area contributed by atoms with E-state index in [1.807, 2.05) is 6.20 Å². The van der Waals surface area contributed by atoms with Crippen molar-refractivity contribution in [3.05, 3.63) is 53.1 Å². The van der Waals surface area contributed by atoms with Gasteiger partial charge in [-0.1, -0.05) is 25.1 Å². The van der Waals surface area contributed by atoms with Gasteiger partial charge in [-0.2, -0.15) is 0 Å². The molecule has 0 aliphatic rings. The van der Waals surface area contributed by atoms with Gasteiger partial charge in [0.1, 0.15) is 5.82 Å². The first-order valence-electron chi connectivity index (χ1n) is 6.52. The van der Waals surface area contributed by atoms with E-state index in [4.69, 9.17) is 0 Å². The Balaban J connectivity index is 2.37. The lowest BCUT2D eigenvalue weighted by Gasteiger charge is -2.20. The molecule has 0 amide bonds. The number of hydrogen-bond acceptors (Lipinski definition) is 2. The summed E-state index contributed by atoms with van der Waals surface area (Å²) >= 11 is 0. The van der Waals surface area contributed by atoms with E-state index in [9.17, 15) is 0 Å². The highest BCUT2D eigenvalue weighted by molar-refractivity contribution is 5.37. The van der Waals surface area contributed by atoms with Crippen LogP contribution in [0.3, 0.4) is 0 Å². The zero-order valence-corrected chi connectivity index (χ0v) is 11.3. The predicted octanol–water partition coefficient (Wildman–Crippen LogP) is 3.12. The maximum atomic E-state index is 4.40. The van der Waals surface area contributed by atoms with E-state index in [0.717, 1.165) is 18.8 Å². The Kier molecular flexibility index (Phi) is 4.15. The first-order valence-corrected chi connectivity index (χ1v) is 6.52. The quantitative estimate of drug-likeness (QED) is 0.847. The van der Waals surface area contributed by atoms with Crippen molar-refractivity contribution in [1.29, 1.82) is 0 Å². The third kappa shape index (κ3) is 2.62. The maximum Gasteiger partial charge on any atom is 0.127 e. The van der Waals surface area contributed by atoms with Gasteiger partial charge in [0.05, 0.1) is 6.04 Å². The van der Waals surface area contributed by atoms with Gasteiger partial charge in [0.25, 0.3) is 0 Å². The normalized spacial score (nSPS) is 12.6. The van der Waals surface area contributed by atoms with Crippen molar-refractivity contribution in [2.45, 2.75) is 33.2 Å². The molecule has 3 heteroatoms. The molecule has 2 rings (SSSR count). The molecule has 0 radical (unpaired) electrons. The number of rotatable bonds is 5. The van der Waals surface area contributed by atoms with Gasteiger partial charge in [-0.15, -0.1) is 0 Å². The summed E-state index contributed by atoms with van der Waals surface area (Å²) in [7, 11) is 0. The van der Waals surface area contributed by atoms with Gasteiger partial charge in [-0.25, -0.2) is 4.98 Å². The molecule has 18 heavy (non-hydrogen) atoms. The van der Waals surface area contributed by atoms with Crippen molar-refractivity contribution in [1.82, 2.24) is 15.3 Å². The Morgan fingerprint density at radius 3 is 2.83 bits per heavy atom. The first-order chi connectivity index (χ1) is 8.74. The second kappa shape index (κ2) is 5.83. The van der Waals surface area contributed by atoms with Crippen LogP contribution in [0.2, 0.25) is 0 Å². The lowest BCUT2D eigenvalue weighted by Crippen LogP contribution is -2.25. The summed E-state index contributed by atoms with van der Waals surface area (Å²) in [5.41, 5.74) is 3.96. The van der Waals surface area contributed by atoms with Crippen LogP contribution >= 0.6 is 0 Å². The Morgan fingerprint density at radius 1 is 1.33 bits per heavy atom. The molecule has 1 unspecified atom stereocenters. The van der Waals surface area contributed by atoms with Crippen molar-refractivity contribution in [2.75, 3.05) is 6.54 Å². The number of aryl methyl sites for hydroxylation is 1. The van der Waals surface area contributed by atoms with Crippen LogP contribution in [-0.2, 0) is 0 Å². The summed E-state index contributed by atoms with van der Waals surface area (Å²) in [5, 5.41) is 3.56. The summed E-state index contributed by atoms with van der Waals surface area (Å²) < 4.78 is 0. The van der Waals surface area contributed by atoms with Gasteiger partial charge < -0.3 is 10.3 Å². The maximum absolute atomic E-state index is 4.40. The van der Waals surface area contributed by atoms with Gasteiger partial charge in [0, 0.05) is 12.4 Å². The summed E-state index contributed by atoms with van der Waals surface area (Å²) in [6, 6.07) is 6.59. The van der Waals surface area contributed by atoms with E-state index >= 15 is 0 Å². The van der Waals surface area contributed by atoms with Crippen molar-refractivity contribution >= 4 is 0 Å². The molecular formula is C15H21N3.